The second-order valence-electron chi connectivity index (χ2n) is 8.95. The zero-order valence-corrected chi connectivity index (χ0v) is 20.8. The van der Waals surface area contributed by atoms with Crippen molar-refractivity contribution in [2.75, 3.05) is 12.0 Å². The van der Waals surface area contributed by atoms with Crippen molar-refractivity contribution in [3.05, 3.63) is 76.3 Å². The summed E-state index contributed by atoms with van der Waals surface area (Å²) in [5.41, 5.74) is 5.79. The first-order chi connectivity index (χ1) is 16.0. The minimum Gasteiger partial charge on any atom is -0.495 e. The first-order valence-electron chi connectivity index (χ1n) is 11.5. The molecule has 5 nitrogen and oxygen atoms in total. The highest BCUT2D eigenvalue weighted by Crippen LogP contribution is 2.45. The second-order valence-corrected chi connectivity index (χ2v) is 9.74. The molecule has 5 rings (SSSR count). The van der Waals surface area contributed by atoms with Crippen LogP contribution in [0.1, 0.15) is 66.5 Å². The van der Waals surface area contributed by atoms with Gasteiger partial charge >= 0.3 is 0 Å². The van der Waals surface area contributed by atoms with Crippen LogP contribution in [0.4, 0.5) is 5.69 Å². The number of benzene rings is 1. The molecule has 1 aliphatic heterocycles. The molecule has 1 N–H and O–H groups in total. The van der Waals surface area contributed by atoms with E-state index < -0.39 is 0 Å². The standard InChI is InChI=1S/C26H29ClN4OS/c1-16-14-20(17(2)30(16)18-8-4-5-9-18)25-24(22-10-6-7-13-28-22)29-26(33)31(25)19-11-12-23(32-3)21(27)15-19/h6-7,10-15,18,24-25H,4-5,8-9H2,1-3H3,(H,29,33). The lowest BCUT2D eigenvalue weighted by Crippen LogP contribution is -2.29. The van der Waals surface area contributed by atoms with E-state index in [0.717, 1.165) is 11.4 Å². The minimum atomic E-state index is -0.0721. The number of anilines is 1. The molecule has 1 saturated carbocycles. The van der Waals surface area contributed by atoms with Gasteiger partial charge in [-0.2, -0.15) is 0 Å². The molecule has 2 fully saturated rings. The van der Waals surface area contributed by atoms with E-state index in [4.69, 9.17) is 28.6 Å². The van der Waals surface area contributed by atoms with Gasteiger partial charge in [-0.25, -0.2) is 0 Å². The van der Waals surface area contributed by atoms with Gasteiger partial charge in [0.1, 0.15) is 5.75 Å². The molecule has 7 heteroatoms. The molecule has 2 unspecified atom stereocenters. The molecule has 2 aromatic heterocycles. The Hall–Kier alpha value is -2.57. The molecule has 3 aromatic rings. The zero-order valence-electron chi connectivity index (χ0n) is 19.2. The average Bonchev–Trinajstić information content (AvgIpc) is 3.52. The van der Waals surface area contributed by atoms with Crippen LogP contribution in [0.25, 0.3) is 0 Å². The fourth-order valence-electron chi connectivity index (χ4n) is 5.58. The summed E-state index contributed by atoms with van der Waals surface area (Å²) in [6.45, 7) is 4.47. The fraction of sp³-hybridized carbons (Fsp3) is 0.385. The maximum absolute atomic E-state index is 6.52. The van der Waals surface area contributed by atoms with Gasteiger partial charge in [-0.05, 0) is 80.9 Å². The van der Waals surface area contributed by atoms with Gasteiger partial charge in [-0.1, -0.05) is 30.5 Å². The molecule has 33 heavy (non-hydrogen) atoms. The van der Waals surface area contributed by atoms with Crippen LogP contribution in [0.3, 0.4) is 0 Å². The number of hydrogen-bond donors (Lipinski definition) is 1. The quantitative estimate of drug-likeness (QED) is 0.425. The third kappa shape index (κ3) is 3.89. The van der Waals surface area contributed by atoms with Crippen LogP contribution in [0.15, 0.2) is 48.7 Å². The van der Waals surface area contributed by atoms with Crippen LogP contribution >= 0.6 is 23.8 Å². The number of hydrogen-bond acceptors (Lipinski definition) is 3. The topological polar surface area (TPSA) is 42.3 Å². The molecule has 1 aromatic carbocycles. The van der Waals surface area contributed by atoms with Gasteiger partial charge in [0.15, 0.2) is 5.11 Å². The third-order valence-corrected chi connectivity index (χ3v) is 7.65. The number of nitrogens with zero attached hydrogens (tertiary/aromatic N) is 3. The fourth-order valence-corrected chi connectivity index (χ4v) is 6.18. The number of pyridine rings is 1. The number of methoxy groups -OCH3 is 1. The van der Waals surface area contributed by atoms with Crippen LogP contribution in [-0.2, 0) is 0 Å². The zero-order chi connectivity index (χ0) is 23.1. The van der Waals surface area contributed by atoms with Crippen molar-refractivity contribution in [1.82, 2.24) is 14.9 Å². The van der Waals surface area contributed by atoms with E-state index in [9.17, 15) is 0 Å². The molecule has 1 aliphatic carbocycles. The molecule has 0 radical (unpaired) electrons. The molecular weight excluding hydrogens is 452 g/mol. The highest BCUT2D eigenvalue weighted by atomic mass is 35.5. The van der Waals surface area contributed by atoms with Crippen LogP contribution in [-0.4, -0.2) is 21.8 Å². The Kier molecular flexibility index (Phi) is 6.06. The number of aryl methyl sites for hydroxylation is 1. The second kappa shape index (κ2) is 8.99. The number of nitrogens with one attached hydrogen (secondary N) is 1. The molecule has 1 saturated heterocycles. The number of halogens is 1. The van der Waals surface area contributed by atoms with Crippen molar-refractivity contribution in [2.45, 2.75) is 57.7 Å². The molecule has 0 spiro atoms. The van der Waals surface area contributed by atoms with Gasteiger partial charge < -0.3 is 19.5 Å². The van der Waals surface area contributed by atoms with Gasteiger partial charge in [0.2, 0.25) is 0 Å². The van der Waals surface area contributed by atoms with Crippen LogP contribution in [0.2, 0.25) is 5.02 Å². The Morgan fingerprint density at radius 3 is 2.58 bits per heavy atom. The highest BCUT2D eigenvalue weighted by molar-refractivity contribution is 7.80. The Balaban J connectivity index is 1.64. The van der Waals surface area contributed by atoms with E-state index in [1.54, 1.807) is 7.11 Å². The van der Waals surface area contributed by atoms with Crippen molar-refractivity contribution < 1.29 is 4.74 Å². The van der Waals surface area contributed by atoms with Crippen molar-refractivity contribution in [1.29, 1.82) is 0 Å². The number of aromatic nitrogens is 2. The lowest BCUT2D eigenvalue weighted by Gasteiger charge is -2.29. The van der Waals surface area contributed by atoms with E-state index in [1.807, 2.05) is 36.5 Å². The maximum atomic E-state index is 6.52. The van der Waals surface area contributed by atoms with Crippen LogP contribution < -0.4 is 15.0 Å². The summed E-state index contributed by atoms with van der Waals surface area (Å²) in [4.78, 5) is 6.86. The van der Waals surface area contributed by atoms with Gasteiger partial charge in [-0.3, -0.25) is 4.98 Å². The average molecular weight is 481 g/mol. The summed E-state index contributed by atoms with van der Waals surface area (Å²) in [5.74, 6) is 0.649. The monoisotopic (exact) mass is 480 g/mol. The van der Waals surface area contributed by atoms with Gasteiger partial charge in [0, 0.05) is 29.3 Å². The Bertz CT molecular complexity index is 1170. The number of thiocarbonyl (C=S) groups is 1. The summed E-state index contributed by atoms with van der Waals surface area (Å²) < 4.78 is 7.91. The largest absolute Gasteiger partial charge is 0.495 e. The lowest BCUT2D eigenvalue weighted by molar-refractivity contribution is 0.415. The Morgan fingerprint density at radius 2 is 1.91 bits per heavy atom. The van der Waals surface area contributed by atoms with E-state index in [0.29, 0.717) is 21.9 Å². The van der Waals surface area contributed by atoms with Gasteiger partial charge in [0.05, 0.1) is 29.9 Å². The van der Waals surface area contributed by atoms with Crippen molar-refractivity contribution >= 4 is 34.6 Å². The molecule has 0 bridgehead atoms. The normalized spacial score (nSPS) is 21.0. The lowest BCUT2D eigenvalue weighted by atomic mass is 9.96. The predicted molar refractivity (Wildman–Crippen MR) is 137 cm³/mol. The van der Waals surface area contributed by atoms with Crippen LogP contribution in [0, 0.1) is 13.8 Å². The highest BCUT2D eigenvalue weighted by Gasteiger charge is 2.42. The predicted octanol–water partition coefficient (Wildman–Crippen LogP) is 6.45. The van der Waals surface area contributed by atoms with Crippen LogP contribution in [0.5, 0.6) is 5.75 Å². The van der Waals surface area contributed by atoms with Crippen molar-refractivity contribution in [3.8, 4) is 5.75 Å². The minimum absolute atomic E-state index is 0.0433. The molecule has 2 atom stereocenters. The maximum Gasteiger partial charge on any atom is 0.174 e. The SMILES string of the molecule is COc1ccc(N2C(=S)NC(c3ccccn3)C2c2cc(C)n(C3CCCC3)c2C)cc1Cl. The molecule has 2 aliphatic rings. The van der Waals surface area contributed by atoms with Crippen molar-refractivity contribution in [3.63, 3.8) is 0 Å². The Morgan fingerprint density at radius 1 is 1.12 bits per heavy atom. The van der Waals surface area contributed by atoms with Gasteiger partial charge in [-0.15, -0.1) is 0 Å². The van der Waals surface area contributed by atoms with Crippen molar-refractivity contribution in [2.24, 2.45) is 0 Å². The summed E-state index contributed by atoms with van der Waals surface area (Å²) in [6, 6.07) is 14.7. The summed E-state index contributed by atoms with van der Waals surface area (Å²) in [7, 11) is 1.63. The van der Waals surface area contributed by atoms with E-state index in [1.165, 1.54) is 42.6 Å². The first kappa shape index (κ1) is 22.2. The van der Waals surface area contributed by atoms with Gasteiger partial charge in [0.25, 0.3) is 0 Å². The third-order valence-electron chi connectivity index (χ3n) is 7.04. The molecular formula is C26H29ClN4OS. The summed E-state index contributed by atoms with van der Waals surface area (Å²) >= 11 is 12.4. The number of rotatable bonds is 5. The van der Waals surface area contributed by atoms with E-state index in [2.05, 4.69) is 45.7 Å². The summed E-state index contributed by atoms with van der Waals surface area (Å²) in [5, 5.41) is 4.79. The van der Waals surface area contributed by atoms with E-state index in [-0.39, 0.29) is 12.1 Å². The Labute approximate surface area is 205 Å². The van der Waals surface area contributed by atoms with E-state index >= 15 is 0 Å². The molecule has 3 heterocycles. The summed E-state index contributed by atoms with van der Waals surface area (Å²) in [6.07, 6.45) is 6.95. The molecule has 0 amide bonds. The number of ether oxygens (including phenoxy) is 1. The molecule has 172 valence electrons. The smallest absolute Gasteiger partial charge is 0.174 e. The first-order valence-corrected chi connectivity index (χ1v) is 12.3.